The summed E-state index contributed by atoms with van der Waals surface area (Å²) in [6, 6.07) is 6.33. The topological polar surface area (TPSA) is 15.3 Å². The minimum atomic E-state index is -0.105. The Balaban J connectivity index is 1.60. The first kappa shape index (κ1) is 13.1. The third-order valence-electron chi connectivity index (χ3n) is 4.70. The second kappa shape index (κ2) is 5.59. The maximum Gasteiger partial charge on any atom is 0.123 e. The van der Waals surface area contributed by atoms with Crippen molar-refractivity contribution in [3.05, 3.63) is 35.1 Å². The molecule has 1 saturated heterocycles. The van der Waals surface area contributed by atoms with Crippen LogP contribution in [0.2, 0.25) is 0 Å². The van der Waals surface area contributed by atoms with E-state index in [0.29, 0.717) is 12.1 Å². The SMILES string of the molecule is CN1CCCCC1CNC1CCc2cc(F)ccc21. The fourth-order valence-corrected chi connectivity index (χ4v) is 3.48. The molecule has 0 bridgehead atoms. The van der Waals surface area contributed by atoms with E-state index in [0.717, 1.165) is 19.4 Å². The van der Waals surface area contributed by atoms with E-state index in [9.17, 15) is 4.39 Å². The van der Waals surface area contributed by atoms with Gasteiger partial charge < -0.3 is 10.2 Å². The number of likely N-dealkylation sites (tertiary alicyclic amines) is 1. The van der Waals surface area contributed by atoms with Gasteiger partial charge in [-0.25, -0.2) is 4.39 Å². The number of nitrogens with one attached hydrogen (secondary N) is 1. The van der Waals surface area contributed by atoms with Crippen molar-refractivity contribution < 1.29 is 4.39 Å². The first-order chi connectivity index (χ1) is 9.24. The molecule has 1 aromatic rings. The van der Waals surface area contributed by atoms with Crippen LogP contribution in [0.25, 0.3) is 0 Å². The van der Waals surface area contributed by atoms with E-state index in [-0.39, 0.29) is 5.82 Å². The molecule has 1 fully saturated rings. The molecule has 0 aromatic heterocycles. The smallest absolute Gasteiger partial charge is 0.123 e. The van der Waals surface area contributed by atoms with Gasteiger partial charge in [0.1, 0.15) is 5.82 Å². The highest BCUT2D eigenvalue weighted by molar-refractivity contribution is 5.34. The van der Waals surface area contributed by atoms with E-state index in [1.165, 1.54) is 36.9 Å². The summed E-state index contributed by atoms with van der Waals surface area (Å²) in [6.45, 7) is 2.27. The summed E-state index contributed by atoms with van der Waals surface area (Å²) in [6.07, 6.45) is 6.09. The van der Waals surface area contributed by atoms with Crippen molar-refractivity contribution in [1.82, 2.24) is 10.2 Å². The number of hydrogen-bond donors (Lipinski definition) is 1. The lowest BCUT2D eigenvalue weighted by atomic mass is 10.0. The molecule has 2 aliphatic rings. The third kappa shape index (κ3) is 2.82. The Morgan fingerprint density at radius 1 is 1.32 bits per heavy atom. The van der Waals surface area contributed by atoms with E-state index >= 15 is 0 Å². The van der Waals surface area contributed by atoms with Crippen molar-refractivity contribution >= 4 is 0 Å². The highest BCUT2D eigenvalue weighted by atomic mass is 19.1. The number of likely N-dealkylation sites (N-methyl/N-ethyl adjacent to an activating group) is 1. The molecule has 1 heterocycles. The van der Waals surface area contributed by atoms with E-state index < -0.39 is 0 Å². The number of piperidine rings is 1. The van der Waals surface area contributed by atoms with Crippen LogP contribution in [-0.4, -0.2) is 31.1 Å². The second-order valence-electron chi connectivity index (χ2n) is 5.97. The number of halogens is 1. The average molecular weight is 262 g/mol. The van der Waals surface area contributed by atoms with E-state index in [4.69, 9.17) is 0 Å². The van der Waals surface area contributed by atoms with Gasteiger partial charge in [0.15, 0.2) is 0 Å². The summed E-state index contributed by atoms with van der Waals surface area (Å²) >= 11 is 0. The van der Waals surface area contributed by atoms with Gasteiger partial charge in [0.25, 0.3) is 0 Å². The highest BCUT2D eigenvalue weighted by Crippen LogP contribution is 2.31. The molecule has 104 valence electrons. The van der Waals surface area contributed by atoms with Gasteiger partial charge in [-0.05, 0) is 62.5 Å². The molecule has 2 nitrogen and oxygen atoms in total. The summed E-state index contributed by atoms with van der Waals surface area (Å²) in [4.78, 5) is 2.47. The van der Waals surface area contributed by atoms with Crippen LogP contribution in [0, 0.1) is 5.82 Å². The quantitative estimate of drug-likeness (QED) is 0.901. The van der Waals surface area contributed by atoms with Crippen LogP contribution in [0.4, 0.5) is 4.39 Å². The number of aryl methyl sites for hydroxylation is 1. The Hall–Kier alpha value is -0.930. The van der Waals surface area contributed by atoms with Crippen LogP contribution in [0.3, 0.4) is 0 Å². The van der Waals surface area contributed by atoms with Crippen LogP contribution in [0.1, 0.15) is 42.9 Å². The van der Waals surface area contributed by atoms with Crippen LogP contribution in [0.5, 0.6) is 0 Å². The lowest BCUT2D eigenvalue weighted by Crippen LogP contribution is -2.43. The average Bonchev–Trinajstić information content (AvgIpc) is 2.80. The van der Waals surface area contributed by atoms with Crippen LogP contribution in [-0.2, 0) is 6.42 Å². The molecular formula is C16H23FN2. The van der Waals surface area contributed by atoms with Gasteiger partial charge in [0, 0.05) is 18.6 Å². The Morgan fingerprint density at radius 2 is 2.21 bits per heavy atom. The summed E-state index contributed by atoms with van der Waals surface area (Å²) in [5.74, 6) is -0.105. The molecule has 0 saturated carbocycles. The van der Waals surface area contributed by atoms with Crippen molar-refractivity contribution in [2.45, 2.75) is 44.2 Å². The zero-order valence-corrected chi connectivity index (χ0v) is 11.7. The number of fused-ring (bicyclic) bond motifs is 1. The van der Waals surface area contributed by atoms with Crippen molar-refractivity contribution in [2.24, 2.45) is 0 Å². The number of hydrogen-bond acceptors (Lipinski definition) is 2. The molecule has 1 N–H and O–H groups in total. The molecule has 1 aliphatic carbocycles. The van der Waals surface area contributed by atoms with Crippen molar-refractivity contribution in [2.75, 3.05) is 20.1 Å². The van der Waals surface area contributed by atoms with Crippen LogP contribution < -0.4 is 5.32 Å². The largest absolute Gasteiger partial charge is 0.308 e. The predicted molar refractivity (Wildman–Crippen MR) is 75.7 cm³/mol. The van der Waals surface area contributed by atoms with Gasteiger partial charge in [0.05, 0.1) is 0 Å². The molecule has 1 aliphatic heterocycles. The maximum atomic E-state index is 13.2. The van der Waals surface area contributed by atoms with Crippen molar-refractivity contribution in [1.29, 1.82) is 0 Å². The number of nitrogens with zero attached hydrogens (tertiary/aromatic N) is 1. The van der Waals surface area contributed by atoms with Gasteiger partial charge in [-0.1, -0.05) is 12.5 Å². The Bertz CT molecular complexity index is 446. The molecule has 3 heteroatoms. The van der Waals surface area contributed by atoms with Crippen molar-refractivity contribution in [3.63, 3.8) is 0 Å². The lowest BCUT2D eigenvalue weighted by molar-refractivity contribution is 0.177. The van der Waals surface area contributed by atoms with Crippen LogP contribution in [0.15, 0.2) is 18.2 Å². The Kier molecular flexibility index (Phi) is 3.85. The zero-order valence-electron chi connectivity index (χ0n) is 11.7. The van der Waals surface area contributed by atoms with Gasteiger partial charge in [-0.2, -0.15) is 0 Å². The molecule has 2 atom stereocenters. The van der Waals surface area contributed by atoms with Gasteiger partial charge in [-0.3, -0.25) is 0 Å². The summed E-state index contributed by atoms with van der Waals surface area (Å²) in [5.41, 5.74) is 2.49. The van der Waals surface area contributed by atoms with Crippen molar-refractivity contribution in [3.8, 4) is 0 Å². The fraction of sp³-hybridized carbons (Fsp3) is 0.625. The molecule has 19 heavy (non-hydrogen) atoms. The second-order valence-corrected chi connectivity index (χ2v) is 5.97. The highest BCUT2D eigenvalue weighted by Gasteiger charge is 2.25. The zero-order chi connectivity index (χ0) is 13.2. The third-order valence-corrected chi connectivity index (χ3v) is 4.70. The maximum absolute atomic E-state index is 13.2. The number of benzene rings is 1. The molecule has 0 amide bonds. The standard InChI is InChI=1S/C16H23FN2/c1-19-9-3-2-4-14(19)11-18-16-8-5-12-10-13(17)6-7-15(12)16/h6-7,10,14,16,18H,2-5,8-9,11H2,1H3. The Morgan fingerprint density at radius 3 is 3.05 bits per heavy atom. The summed E-state index contributed by atoms with van der Waals surface area (Å²) in [5, 5.41) is 3.69. The normalized spacial score (nSPS) is 27.5. The predicted octanol–water partition coefficient (Wildman–Crippen LogP) is 2.89. The number of rotatable bonds is 3. The molecule has 0 spiro atoms. The fourth-order valence-electron chi connectivity index (χ4n) is 3.48. The van der Waals surface area contributed by atoms with E-state index in [1.54, 1.807) is 12.1 Å². The summed E-state index contributed by atoms with van der Waals surface area (Å²) < 4.78 is 13.2. The van der Waals surface area contributed by atoms with E-state index in [1.807, 2.05) is 6.07 Å². The molecule has 1 aromatic carbocycles. The molecule has 2 unspecified atom stereocenters. The molecule has 3 rings (SSSR count). The minimum Gasteiger partial charge on any atom is -0.308 e. The first-order valence-corrected chi connectivity index (χ1v) is 7.46. The first-order valence-electron chi connectivity index (χ1n) is 7.46. The van der Waals surface area contributed by atoms with Crippen LogP contribution >= 0.6 is 0 Å². The minimum absolute atomic E-state index is 0.105. The Labute approximate surface area is 115 Å². The van der Waals surface area contributed by atoms with Gasteiger partial charge in [-0.15, -0.1) is 0 Å². The van der Waals surface area contributed by atoms with Gasteiger partial charge >= 0.3 is 0 Å². The van der Waals surface area contributed by atoms with Gasteiger partial charge in [0.2, 0.25) is 0 Å². The lowest BCUT2D eigenvalue weighted by Gasteiger charge is -2.33. The summed E-state index contributed by atoms with van der Waals surface area (Å²) in [7, 11) is 2.23. The van der Waals surface area contributed by atoms with E-state index in [2.05, 4.69) is 17.3 Å². The monoisotopic (exact) mass is 262 g/mol. The molecule has 0 radical (unpaired) electrons. The molecular weight excluding hydrogens is 239 g/mol.